The summed E-state index contributed by atoms with van der Waals surface area (Å²) in [7, 11) is 0.208. The van der Waals surface area contributed by atoms with Gasteiger partial charge in [-0.25, -0.2) is 8.42 Å². The normalized spacial score (nSPS) is 16.0. The lowest BCUT2D eigenvalue weighted by Crippen LogP contribution is -2.36. The highest BCUT2D eigenvalue weighted by molar-refractivity contribution is 7.91. The van der Waals surface area contributed by atoms with E-state index in [4.69, 9.17) is 0 Å². The smallest absolute Gasteiger partial charge is 0.255 e. The molecule has 1 aliphatic rings. The first-order valence-electron chi connectivity index (χ1n) is 7.67. The van der Waals surface area contributed by atoms with Crippen molar-refractivity contribution in [2.24, 2.45) is 0 Å². The minimum atomic E-state index is -3.46. The second kappa shape index (κ2) is 7.24. The van der Waals surface area contributed by atoms with Gasteiger partial charge in [-0.2, -0.15) is 0 Å². The fourth-order valence-corrected chi connectivity index (χ4v) is 4.20. The number of hydrogen-bond donors (Lipinski definition) is 0. The lowest BCUT2D eigenvalue weighted by Gasteiger charge is -2.27. The summed E-state index contributed by atoms with van der Waals surface area (Å²) in [5.74, 6) is -0.145. The van der Waals surface area contributed by atoms with E-state index in [1.54, 1.807) is 29.2 Å². The van der Waals surface area contributed by atoms with Crippen LogP contribution in [0.1, 0.15) is 29.6 Å². The standard InChI is InChI=1S/C16H24N2O3S/c1-17(2)12-13-22(20,21)15-9-5-4-8-14(15)16(19)18-10-6-3-7-11-18/h4-5,8-9H,3,6-7,10-13H2,1-2H3. The highest BCUT2D eigenvalue weighted by atomic mass is 32.2. The van der Waals surface area contributed by atoms with E-state index in [-0.39, 0.29) is 16.6 Å². The third kappa shape index (κ3) is 4.08. The zero-order valence-electron chi connectivity index (χ0n) is 13.3. The second-order valence-electron chi connectivity index (χ2n) is 5.97. The lowest BCUT2D eigenvalue weighted by atomic mass is 10.1. The first-order chi connectivity index (χ1) is 10.4. The Balaban J connectivity index is 2.28. The van der Waals surface area contributed by atoms with E-state index in [1.165, 1.54) is 0 Å². The number of sulfone groups is 1. The summed E-state index contributed by atoms with van der Waals surface area (Å²) < 4.78 is 25.1. The van der Waals surface area contributed by atoms with Gasteiger partial charge >= 0.3 is 0 Å². The summed E-state index contributed by atoms with van der Waals surface area (Å²) in [6, 6.07) is 6.57. The number of rotatable bonds is 5. The van der Waals surface area contributed by atoms with Crippen molar-refractivity contribution in [3.05, 3.63) is 29.8 Å². The van der Waals surface area contributed by atoms with Crippen LogP contribution in [0.2, 0.25) is 0 Å². The molecule has 0 bridgehead atoms. The molecule has 1 aromatic carbocycles. The molecule has 1 aromatic rings. The number of nitrogens with zero attached hydrogens (tertiary/aromatic N) is 2. The van der Waals surface area contributed by atoms with E-state index < -0.39 is 9.84 Å². The summed E-state index contributed by atoms with van der Waals surface area (Å²) in [6.45, 7) is 1.87. The quantitative estimate of drug-likeness (QED) is 0.826. The molecule has 22 heavy (non-hydrogen) atoms. The Labute approximate surface area is 132 Å². The fraction of sp³-hybridized carbons (Fsp3) is 0.562. The molecule has 0 radical (unpaired) electrons. The van der Waals surface area contributed by atoms with Gasteiger partial charge in [-0.15, -0.1) is 0 Å². The third-order valence-electron chi connectivity index (χ3n) is 3.90. The number of hydrogen-bond acceptors (Lipinski definition) is 4. The zero-order chi connectivity index (χ0) is 16.2. The Morgan fingerprint density at radius 1 is 1.14 bits per heavy atom. The number of benzene rings is 1. The van der Waals surface area contributed by atoms with E-state index in [9.17, 15) is 13.2 Å². The van der Waals surface area contributed by atoms with Crippen LogP contribution in [0.3, 0.4) is 0 Å². The number of amides is 1. The zero-order valence-corrected chi connectivity index (χ0v) is 14.1. The first kappa shape index (κ1) is 17.0. The van der Waals surface area contributed by atoms with Gasteiger partial charge in [-0.1, -0.05) is 12.1 Å². The van der Waals surface area contributed by atoms with Gasteiger partial charge in [-0.05, 0) is 45.5 Å². The second-order valence-corrected chi connectivity index (χ2v) is 8.05. The predicted octanol–water partition coefficient (Wildman–Crippen LogP) is 1.65. The van der Waals surface area contributed by atoms with Crippen LogP contribution in [-0.2, 0) is 9.84 Å². The van der Waals surface area contributed by atoms with E-state index in [1.807, 2.05) is 19.0 Å². The Bertz CT molecular complexity index is 620. The molecule has 0 aromatic heterocycles. The highest BCUT2D eigenvalue weighted by Crippen LogP contribution is 2.21. The molecule has 1 amide bonds. The van der Waals surface area contributed by atoms with Crippen molar-refractivity contribution in [2.45, 2.75) is 24.2 Å². The van der Waals surface area contributed by atoms with Crippen molar-refractivity contribution in [1.29, 1.82) is 0 Å². The molecule has 1 fully saturated rings. The van der Waals surface area contributed by atoms with E-state index >= 15 is 0 Å². The van der Waals surface area contributed by atoms with Crippen molar-refractivity contribution in [2.75, 3.05) is 39.5 Å². The molecule has 5 nitrogen and oxygen atoms in total. The maximum atomic E-state index is 12.7. The van der Waals surface area contributed by atoms with Gasteiger partial charge in [-0.3, -0.25) is 4.79 Å². The molecule has 0 aliphatic carbocycles. The fourth-order valence-electron chi connectivity index (χ4n) is 2.59. The molecular formula is C16H24N2O3S. The summed E-state index contributed by atoms with van der Waals surface area (Å²) in [4.78, 5) is 16.4. The molecule has 1 saturated heterocycles. The van der Waals surface area contributed by atoms with Crippen LogP contribution in [0.4, 0.5) is 0 Å². The van der Waals surface area contributed by atoms with Crippen LogP contribution in [-0.4, -0.2) is 63.6 Å². The summed E-state index contributed by atoms with van der Waals surface area (Å²) >= 11 is 0. The monoisotopic (exact) mass is 324 g/mol. The van der Waals surface area contributed by atoms with Gasteiger partial charge < -0.3 is 9.80 Å². The van der Waals surface area contributed by atoms with Crippen LogP contribution in [0.5, 0.6) is 0 Å². The van der Waals surface area contributed by atoms with Crippen LogP contribution >= 0.6 is 0 Å². The number of likely N-dealkylation sites (tertiary alicyclic amines) is 1. The molecule has 0 N–H and O–H groups in total. The van der Waals surface area contributed by atoms with Crippen molar-refractivity contribution in [3.8, 4) is 0 Å². The van der Waals surface area contributed by atoms with Gasteiger partial charge in [0, 0.05) is 19.6 Å². The molecule has 1 heterocycles. The van der Waals surface area contributed by atoms with Crippen LogP contribution in [0.25, 0.3) is 0 Å². The molecular weight excluding hydrogens is 300 g/mol. The lowest BCUT2D eigenvalue weighted by molar-refractivity contribution is 0.0720. The van der Waals surface area contributed by atoms with Gasteiger partial charge in [0.25, 0.3) is 5.91 Å². The molecule has 6 heteroatoms. The van der Waals surface area contributed by atoms with Crippen molar-refractivity contribution < 1.29 is 13.2 Å². The SMILES string of the molecule is CN(C)CCS(=O)(=O)c1ccccc1C(=O)N1CCCCC1. The summed E-state index contributed by atoms with van der Waals surface area (Å²) in [5.41, 5.74) is 0.308. The predicted molar refractivity (Wildman–Crippen MR) is 86.8 cm³/mol. The van der Waals surface area contributed by atoms with Crippen LogP contribution in [0, 0.1) is 0 Å². The van der Waals surface area contributed by atoms with E-state index in [2.05, 4.69) is 0 Å². The van der Waals surface area contributed by atoms with Crippen molar-refractivity contribution >= 4 is 15.7 Å². The Kier molecular flexibility index (Phi) is 5.58. The molecule has 0 spiro atoms. The Morgan fingerprint density at radius 2 is 1.77 bits per heavy atom. The Hall–Kier alpha value is -1.40. The molecule has 0 unspecified atom stereocenters. The molecule has 0 saturated carbocycles. The van der Waals surface area contributed by atoms with Gasteiger partial charge in [0.15, 0.2) is 9.84 Å². The number of piperidine rings is 1. The van der Waals surface area contributed by atoms with Crippen LogP contribution < -0.4 is 0 Å². The van der Waals surface area contributed by atoms with Crippen molar-refractivity contribution in [3.63, 3.8) is 0 Å². The molecule has 0 atom stereocenters. The average molecular weight is 324 g/mol. The molecule has 122 valence electrons. The first-order valence-corrected chi connectivity index (χ1v) is 9.33. The van der Waals surface area contributed by atoms with Crippen LogP contribution in [0.15, 0.2) is 29.2 Å². The van der Waals surface area contributed by atoms with E-state index in [0.717, 1.165) is 19.3 Å². The maximum absolute atomic E-state index is 12.7. The maximum Gasteiger partial charge on any atom is 0.255 e. The minimum absolute atomic E-state index is 0.0181. The highest BCUT2D eigenvalue weighted by Gasteiger charge is 2.26. The minimum Gasteiger partial charge on any atom is -0.339 e. The third-order valence-corrected chi connectivity index (χ3v) is 5.65. The Morgan fingerprint density at radius 3 is 2.41 bits per heavy atom. The van der Waals surface area contributed by atoms with Gasteiger partial charge in [0.2, 0.25) is 0 Å². The number of carbonyl (C=O) groups is 1. The van der Waals surface area contributed by atoms with Crippen molar-refractivity contribution in [1.82, 2.24) is 9.80 Å². The van der Waals surface area contributed by atoms with E-state index in [0.29, 0.717) is 25.2 Å². The van der Waals surface area contributed by atoms with Gasteiger partial charge in [0.1, 0.15) is 0 Å². The number of carbonyl (C=O) groups excluding carboxylic acids is 1. The average Bonchev–Trinajstić information content (AvgIpc) is 2.53. The van der Waals surface area contributed by atoms with Gasteiger partial charge in [0.05, 0.1) is 16.2 Å². The summed E-state index contributed by atoms with van der Waals surface area (Å²) in [5, 5.41) is 0. The molecule has 2 rings (SSSR count). The molecule has 1 aliphatic heterocycles. The topological polar surface area (TPSA) is 57.7 Å². The summed E-state index contributed by atoms with van der Waals surface area (Å²) in [6.07, 6.45) is 3.11. The largest absolute Gasteiger partial charge is 0.339 e.